The molecule has 0 N–H and O–H groups in total. The molecule has 96 heavy (non-hydrogen) atoms. The lowest BCUT2D eigenvalue weighted by Crippen LogP contribution is -2.74. The largest absolute Gasteiger partial charge is 0.294 e. The SMILES string of the molecule is CC(C)(C)c1cc(-c2cccc([Si](c3ccccc3)(c3ccccc3)c3ccccc3)c2)nc(-n2c3ccccc3c3ccccc32)c1.CC(C)(C)c1nc(-c2cccc([Si](c3ccccc3)(c3ccccc3)c3ccccc3)c2)cc(-n2c3ccccc3c3ccccc32)n1. The van der Waals surface area contributed by atoms with E-state index in [1.165, 1.54) is 79.6 Å². The van der Waals surface area contributed by atoms with E-state index in [0.29, 0.717) is 0 Å². The molecule has 0 amide bonds. The monoisotopic (exact) mass is 1270 g/mol. The highest BCUT2D eigenvalue weighted by atomic mass is 28.3. The zero-order valence-electron chi connectivity index (χ0n) is 55.1. The van der Waals surface area contributed by atoms with Gasteiger partial charge in [0.25, 0.3) is 0 Å². The Hall–Kier alpha value is -11.1. The second kappa shape index (κ2) is 25.3. The van der Waals surface area contributed by atoms with Crippen LogP contribution in [0.2, 0.25) is 0 Å². The molecule has 0 bridgehead atoms. The molecule has 0 aliphatic heterocycles. The first-order valence-corrected chi connectivity index (χ1v) is 37.3. The second-order valence-corrected chi connectivity index (χ2v) is 34.8. The van der Waals surface area contributed by atoms with Gasteiger partial charge in [-0.1, -0.05) is 345 Å². The zero-order chi connectivity index (χ0) is 65.4. The number of hydrogen-bond donors (Lipinski definition) is 0. The molecule has 0 aliphatic carbocycles. The predicted octanol–water partition coefficient (Wildman–Crippen LogP) is 16.4. The van der Waals surface area contributed by atoms with Crippen molar-refractivity contribution in [2.24, 2.45) is 0 Å². The van der Waals surface area contributed by atoms with Crippen LogP contribution < -0.4 is 41.5 Å². The molecule has 16 aromatic rings. The van der Waals surface area contributed by atoms with Gasteiger partial charge in [0.05, 0.1) is 33.5 Å². The summed E-state index contributed by atoms with van der Waals surface area (Å²) in [5.41, 5.74) is 9.67. The average molecular weight is 1270 g/mol. The summed E-state index contributed by atoms with van der Waals surface area (Å²) in [7, 11) is -5.39. The molecule has 4 heterocycles. The van der Waals surface area contributed by atoms with Gasteiger partial charge in [0.2, 0.25) is 0 Å². The minimum Gasteiger partial charge on any atom is -0.294 e. The first kappa shape index (κ1) is 61.1. The lowest BCUT2D eigenvalue weighted by molar-refractivity contribution is 0.544. The van der Waals surface area contributed by atoms with Gasteiger partial charge in [-0.3, -0.25) is 9.13 Å². The topological polar surface area (TPSA) is 48.5 Å². The number of fused-ring (bicyclic) bond motifs is 6. The van der Waals surface area contributed by atoms with E-state index < -0.39 is 16.1 Å². The maximum Gasteiger partial charge on any atom is 0.179 e. The fraction of sp³-hybridized carbons (Fsp3) is 0.0899. The highest BCUT2D eigenvalue weighted by molar-refractivity contribution is 7.20. The van der Waals surface area contributed by atoms with Gasteiger partial charge >= 0.3 is 0 Å². The van der Waals surface area contributed by atoms with E-state index in [-0.39, 0.29) is 10.8 Å². The van der Waals surface area contributed by atoms with Gasteiger partial charge in [-0.2, -0.15) is 0 Å². The smallest absolute Gasteiger partial charge is 0.179 e. The summed E-state index contributed by atoms with van der Waals surface area (Å²) in [6.45, 7) is 13.4. The van der Waals surface area contributed by atoms with Crippen LogP contribution in [-0.4, -0.2) is 40.2 Å². The van der Waals surface area contributed by atoms with Gasteiger partial charge < -0.3 is 0 Å². The fourth-order valence-electron chi connectivity index (χ4n) is 14.5. The lowest BCUT2D eigenvalue weighted by atomic mass is 9.86. The molecule has 0 saturated heterocycles. The molecule has 464 valence electrons. The van der Waals surface area contributed by atoms with E-state index in [0.717, 1.165) is 51.0 Å². The fourth-order valence-corrected chi connectivity index (χ4v) is 24.1. The maximum absolute atomic E-state index is 5.48. The van der Waals surface area contributed by atoms with Gasteiger partial charge in [-0.05, 0) is 88.9 Å². The third-order valence-electron chi connectivity index (χ3n) is 19.1. The number of aromatic nitrogens is 5. The molecule has 0 spiro atoms. The Morgan fingerprint density at radius 3 is 0.833 bits per heavy atom. The van der Waals surface area contributed by atoms with Gasteiger partial charge in [-0.15, -0.1) is 0 Å². The van der Waals surface area contributed by atoms with Crippen molar-refractivity contribution in [1.29, 1.82) is 0 Å². The van der Waals surface area contributed by atoms with Crippen LogP contribution in [0.4, 0.5) is 0 Å². The Bertz CT molecular complexity index is 4780. The Kier molecular flexibility index (Phi) is 16.1. The predicted molar refractivity (Wildman–Crippen MR) is 410 cm³/mol. The molecule has 0 saturated carbocycles. The van der Waals surface area contributed by atoms with Crippen molar-refractivity contribution in [1.82, 2.24) is 24.1 Å². The van der Waals surface area contributed by atoms with Gasteiger partial charge in [0.15, 0.2) is 16.1 Å². The van der Waals surface area contributed by atoms with Crippen molar-refractivity contribution < 1.29 is 0 Å². The molecule has 16 rings (SSSR count). The van der Waals surface area contributed by atoms with Crippen LogP contribution >= 0.6 is 0 Å². The number of para-hydroxylation sites is 4. The van der Waals surface area contributed by atoms with Crippen molar-refractivity contribution in [2.45, 2.75) is 52.4 Å². The summed E-state index contributed by atoms with van der Waals surface area (Å²) >= 11 is 0. The highest BCUT2D eigenvalue weighted by Gasteiger charge is 2.43. The van der Waals surface area contributed by atoms with Crippen molar-refractivity contribution in [2.75, 3.05) is 0 Å². The normalized spacial score (nSPS) is 12.1. The zero-order valence-corrected chi connectivity index (χ0v) is 57.1. The quantitative estimate of drug-likeness (QED) is 0.0905. The summed E-state index contributed by atoms with van der Waals surface area (Å²) in [6, 6.07) is 126. The van der Waals surface area contributed by atoms with Crippen molar-refractivity contribution in [3.63, 3.8) is 0 Å². The van der Waals surface area contributed by atoms with E-state index in [1.54, 1.807) is 0 Å². The first-order chi connectivity index (χ1) is 46.9. The Morgan fingerprint density at radius 1 is 0.240 bits per heavy atom. The lowest BCUT2D eigenvalue weighted by Gasteiger charge is -2.34. The number of nitrogens with zero attached hydrogens (tertiary/aromatic N) is 5. The van der Waals surface area contributed by atoms with Gasteiger partial charge in [0, 0.05) is 44.2 Å². The molecule has 0 unspecified atom stereocenters. The highest BCUT2D eigenvalue weighted by Crippen LogP contribution is 2.37. The van der Waals surface area contributed by atoms with Crippen LogP contribution in [0.5, 0.6) is 0 Å². The molecule has 0 fully saturated rings. The van der Waals surface area contributed by atoms with E-state index in [4.69, 9.17) is 15.0 Å². The molecule has 0 aliphatic rings. The molecule has 0 radical (unpaired) electrons. The van der Waals surface area contributed by atoms with Crippen LogP contribution in [0.1, 0.15) is 52.9 Å². The Labute approximate surface area is 565 Å². The van der Waals surface area contributed by atoms with E-state index in [2.05, 4.69) is 396 Å². The van der Waals surface area contributed by atoms with Crippen LogP contribution in [-0.2, 0) is 10.8 Å². The second-order valence-electron chi connectivity index (χ2n) is 27.1. The summed E-state index contributed by atoms with van der Waals surface area (Å²) in [6.07, 6.45) is 0. The molecule has 5 nitrogen and oxygen atoms in total. The Balaban J connectivity index is 0.000000158. The number of rotatable bonds is 12. The Morgan fingerprint density at radius 2 is 0.521 bits per heavy atom. The molecule has 0 atom stereocenters. The number of pyridine rings is 1. The summed E-state index contributed by atoms with van der Waals surface area (Å²) in [4.78, 5) is 16.0. The molecular weight excluding hydrogens is 1200 g/mol. The maximum atomic E-state index is 5.48. The first-order valence-electron chi connectivity index (χ1n) is 33.3. The average Bonchev–Trinajstić information content (AvgIpc) is 1.06. The summed E-state index contributed by atoms with van der Waals surface area (Å²) < 4.78 is 4.64. The van der Waals surface area contributed by atoms with Crippen molar-refractivity contribution >= 4 is 101 Å². The number of benzene rings is 12. The van der Waals surface area contributed by atoms with Crippen LogP contribution in [0.25, 0.3) is 77.8 Å². The molecule has 12 aromatic carbocycles. The molecule has 4 aromatic heterocycles. The van der Waals surface area contributed by atoms with Crippen molar-refractivity contribution in [3.05, 3.63) is 357 Å². The van der Waals surface area contributed by atoms with E-state index in [9.17, 15) is 0 Å². The van der Waals surface area contributed by atoms with E-state index in [1.807, 2.05) is 0 Å². The molecule has 7 heteroatoms. The number of hydrogen-bond acceptors (Lipinski definition) is 3. The minimum absolute atomic E-state index is 0.0700. The van der Waals surface area contributed by atoms with Crippen LogP contribution in [0.15, 0.2) is 346 Å². The van der Waals surface area contributed by atoms with Crippen molar-refractivity contribution in [3.8, 4) is 34.2 Å². The standard InChI is InChI=1S/C45H38N2Si.C44H37N3Si/c1-45(2,3)34-31-41(46-44(32-34)47-42-28-15-13-26-39(42)40-27-14-16-29-43(40)47)33-18-17-25-38(30-33)48(35-19-7-4-8-20-35,36-21-9-5-10-22-36)37-23-11-6-12-24-37;1-44(2,3)43-45-39(31-42(46-43)47-40-28-15-13-26-37(40)38-27-14-16-29-41(38)47)32-18-17-25-36(30-32)48(33-19-7-4-8-20-33,34-21-9-5-10-22-34)35-23-11-6-12-24-35/h4-32H,1-3H3;4-31H,1-3H3. The van der Waals surface area contributed by atoms with Gasteiger partial charge in [0.1, 0.15) is 17.5 Å². The third-order valence-corrected chi connectivity index (χ3v) is 28.7. The van der Waals surface area contributed by atoms with Gasteiger partial charge in [-0.25, -0.2) is 15.0 Å². The summed E-state index contributed by atoms with van der Waals surface area (Å²) in [5, 5.41) is 15.7. The van der Waals surface area contributed by atoms with Crippen LogP contribution in [0, 0.1) is 0 Å². The molecular formula is C89H75N5Si2. The van der Waals surface area contributed by atoms with E-state index >= 15 is 0 Å². The summed E-state index contributed by atoms with van der Waals surface area (Å²) in [5.74, 6) is 2.64. The van der Waals surface area contributed by atoms with Crippen LogP contribution in [0.3, 0.4) is 0 Å². The minimum atomic E-state index is -2.70. The third kappa shape index (κ3) is 11.0.